The summed E-state index contributed by atoms with van der Waals surface area (Å²) in [5, 5.41) is 5.14. The number of fused-ring (bicyclic) bond motifs is 2. The van der Waals surface area contributed by atoms with Crippen molar-refractivity contribution in [1.82, 2.24) is 0 Å². The van der Waals surface area contributed by atoms with Gasteiger partial charge >= 0.3 is 0 Å². The fourth-order valence-electron chi connectivity index (χ4n) is 3.28. The van der Waals surface area contributed by atoms with Crippen LogP contribution in [0.15, 0.2) is 54.6 Å². The molecule has 0 radical (unpaired) electrons. The minimum Gasteiger partial charge on any atom is -0.497 e. The summed E-state index contributed by atoms with van der Waals surface area (Å²) >= 11 is 0. The van der Waals surface area contributed by atoms with Crippen LogP contribution in [-0.2, 0) is 4.79 Å². The smallest absolute Gasteiger partial charge is 0.231 e. The average Bonchev–Trinajstić information content (AvgIpc) is 2.97. The van der Waals surface area contributed by atoms with E-state index in [1.807, 2.05) is 61.5 Å². The van der Waals surface area contributed by atoms with Gasteiger partial charge in [0.25, 0.3) is 0 Å². The number of hydrogen-bond acceptors (Lipinski definition) is 4. The Labute approximate surface area is 164 Å². The molecule has 1 amide bonds. The van der Waals surface area contributed by atoms with Crippen molar-refractivity contribution in [3.8, 4) is 17.2 Å². The number of ether oxygens (including phenoxy) is 3. The molecule has 3 aromatic carbocycles. The van der Waals surface area contributed by atoms with E-state index in [9.17, 15) is 4.79 Å². The van der Waals surface area contributed by atoms with Gasteiger partial charge in [-0.3, -0.25) is 4.79 Å². The number of rotatable bonds is 4. The Morgan fingerprint density at radius 2 is 1.71 bits per heavy atom. The van der Waals surface area contributed by atoms with Crippen LogP contribution in [0.2, 0.25) is 0 Å². The summed E-state index contributed by atoms with van der Waals surface area (Å²) in [5.41, 5.74) is 1.66. The first kappa shape index (κ1) is 18.2. The van der Waals surface area contributed by atoms with Crippen molar-refractivity contribution in [3.05, 3.63) is 60.2 Å². The van der Waals surface area contributed by atoms with E-state index in [0.717, 1.165) is 28.5 Å². The molecule has 5 heteroatoms. The van der Waals surface area contributed by atoms with Crippen LogP contribution in [0.3, 0.4) is 0 Å². The number of carbonyl (C=O) groups is 1. The van der Waals surface area contributed by atoms with Gasteiger partial charge in [0.2, 0.25) is 5.91 Å². The van der Waals surface area contributed by atoms with Crippen LogP contribution in [0, 0.1) is 0 Å². The Morgan fingerprint density at radius 3 is 2.54 bits per heavy atom. The standard InChI is InChI=1S/C23H23NO4/c1-15(16-4-5-18-13-20(26-2)8-6-17(18)12-16)23(25)24-19-7-9-21-22(14-19)28-11-3-10-27-21/h4-9,12-15H,3,10-11H2,1-2H3,(H,24,25)/t15-/m1/s1. The largest absolute Gasteiger partial charge is 0.497 e. The van der Waals surface area contributed by atoms with Crippen LogP contribution in [0.25, 0.3) is 10.8 Å². The van der Waals surface area contributed by atoms with E-state index in [4.69, 9.17) is 14.2 Å². The second-order valence-electron chi connectivity index (χ2n) is 6.90. The molecule has 0 aliphatic carbocycles. The molecule has 3 aromatic rings. The van der Waals surface area contributed by atoms with Crippen molar-refractivity contribution in [2.75, 3.05) is 25.6 Å². The number of methoxy groups -OCH3 is 1. The van der Waals surface area contributed by atoms with Crippen molar-refractivity contribution < 1.29 is 19.0 Å². The van der Waals surface area contributed by atoms with Crippen LogP contribution in [-0.4, -0.2) is 26.2 Å². The highest BCUT2D eigenvalue weighted by Gasteiger charge is 2.17. The number of anilines is 1. The molecule has 1 aliphatic heterocycles. The molecule has 1 N–H and O–H groups in total. The molecule has 4 rings (SSSR count). The maximum absolute atomic E-state index is 12.8. The second-order valence-corrected chi connectivity index (χ2v) is 6.90. The fourth-order valence-corrected chi connectivity index (χ4v) is 3.28. The summed E-state index contributed by atoms with van der Waals surface area (Å²) < 4.78 is 16.6. The molecule has 1 aliphatic rings. The Balaban J connectivity index is 1.51. The molecule has 144 valence electrons. The van der Waals surface area contributed by atoms with Gasteiger partial charge < -0.3 is 19.5 Å². The van der Waals surface area contributed by atoms with Gasteiger partial charge in [-0.25, -0.2) is 0 Å². The zero-order valence-electron chi connectivity index (χ0n) is 16.0. The van der Waals surface area contributed by atoms with Crippen molar-refractivity contribution >= 4 is 22.4 Å². The highest BCUT2D eigenvalue weighted by atomic mass is 16.5. The third-order valence-electron chi connectivity index (χ3n) is 4.98. The first-order valence-electron chi connectivity index (χ1n) is 9.42. The third kappa shape index (κ3) is 3.74. The highest BCUT2D eigenvalue weighted by Crippen LogP contribution is 2.33. The zero-order chi connectivity index (χ0) is 19.5. The first-order chi connectivity index (χ1) is 13.6. The van der Waals surface area contributed by atoms with Crippen LogP contribution in [0.5, 0.6) is 17.2 Å². The third-order valence-corrected chi connectivity index (χ3v) is 4.98. The molecule has 0 aromatic heterocycles. The summed E-state index contributed by atoms with van der Waals surface area (Å²) in [6, 6.07) is 17.5. The predicted molar refractivity (Wildman–Crippen MR) is 110 cm³/mol. The number of hydrogen-bond donors (Lipinski definition) is 1. The van der Waals surface area contributed by atoms with E-state index in [0.29, 0.717) is 30.4 Å². The van der Waals surface area contributed by atoms with Gasteiger partial charge in [-0.1, -0.05) is 24.3 Å². The first-order valence-corrected chi connectivity index (χ1v) is 9.42. The van der Waals surface area contributed by atoms with Gasteiger partial charge in [0.15, 0.2) is 11.5 Å². The molecule has 28 heavy (non-hydrogen) atoms. The van der Waals surface area contributed by atoms with E-state index >= 15 is 0 Å². The molecular weight excluding hydrogens is 354 g/mol. The molecule has 0 unspecified atom stereocenters. The summed E-state index contributed by atoms with van der Waals surface area (Å²) in [6.07, 6.45) is 0.848. The molecule has 0 bridgehead atoms. The minimum absolute atomic E-state index is 0.0673. The fraction of sp³-hybridized carbons (Fsp3) is 0.261. The van der Waals surface area contributed by atoms with Gasteiger partial charge in [0, 0.05) is 18.2 Å². The number of amides is 1. The maximum atomic E-state index is 12.8. The second kappa shape index (κ2) is 7.80. The van der Waals surface area contributed by atoms with Gasteiger partial charge in [0.1, 0.15) is 5.75 Å². The van der Waals surface area contributed by atoms with Gasteiger partial charge in [-0.2, -0.15) is 0 Å². The Bertz CT molecular complexity index is 1010. The highest BCUT2D eigenvalue weighted by molar-refractivity contribution is 5.96. The van der Waals surface area contributed by atoms with Crippen molar-refractivity contribution in [2.24, 2.45) is 0 Å². The molecule has 1 atom stereocenters. The molecule has 1 heterocycles. The zero-order valence-corrected chi connectivity index (χ0v) is 16.0. The van der Waals surface area contributed by atoms with Gasteiger partial charge in [-0.05, 0) is 47.5 Å². The average molecular weight is 377 g/mol. The quantitative estimate of drug-likeness (QED) is 0.713. The summed E-state index contributed by atoms with van der Waals surface area (Å²) in [5.74, 6) is 1.85. The Hall–Kier alpha value is -3.21. The molecule has 0 fully saturated rings. The van der Waals surface area contributed by atoms with Crippen LogP contribution in [0.4, 0.5) is 5.69 Å². The molecule has 0 saturated carbocycles. The van der Waals surface area contributed by atoms with Crippen LogP contribution < -0.4 is 19.5 Å². The summed E-state index contributed by atoms with van der Waals surface area (Å²) in [4.78, 5) is 12.8. The van der Waals surface area contributed by atoms with E-state index in [1.54, 1.807) is 7.11 Å². The minimum atomic E-state index is -0.289. The van der Waals surface area contributed by atoms with E-state index in [-0.39, 0.29) is 11.8 Å². The van der Waals surface area contributed by atoms with Crippen molar-refractivity contribution in [3.63, 3.8) is 0 Å². The van der Waals surface area contributed by atoms with E-state index in [2.05, 4.69) is 5.32 Å². The molecule has 5 nitrogen and oxygen atoms in total. The summed E-state index contributed by atoms with van der Waals surface area (Å²) in [6.45, 7) is 3.16. The van der Waals surface area contributed by atoms with Crippen LogP contribution in [0.1, 0.15) is 24.8 Å². The maximum Gasteiger partial charge on any atom is 0.231 e. The SMILES string of the molecule is COc1ccc2cc([C@@H](C)C(=O)Nc3ccc4c(c3)OCCCO4)ccc2c1. The lowest BCUT2D eigenvalue weighted by atomic mass is 9.97. The van der Waals surface area contributed by atoms with Gasteiger partial charge in [-0.15, -0.1) is 0 Å². The normalized spacial score (nSPS) is 14.2. The Morgan fingerprint density at radius 1 is 0.964 bits per heavy atom. The predicted octanol–water partition coefficient (Wildman–Crippen LogP) is 4.75. The van der Waals surface area contributed by atoms with Crippen LogP contribution >= 0.6 is 0 Å². The number of nitrogens with one attached hydrogen (secondary N) is 1. The van der Waals surface area contributed by atoms with E-state index < -0.39 is 0 Å². The number of benzene rings is 3. The summed E-state index contributed by atoms with van der Waals surface area (Å²) in [7, 11) is 1.65. The lowest BCUT2D eigenvalue weighted by Crippen LogP contribution is -2.18. The molecular formula is C23H23NO4. The molecule has 0 saturated heterocycles. The van der Waals surface area contributed by atoms with Crippen molar-refractivity contribution in [1.29, 1.82) is 0 Å². The monoisotopic (exact) mass is 377 g/mol. The Kier molecular flexibility index (Phi) is 5.06. The molecule has 0 spiro atoms. The lowest BCUT2D eigenvalue weighted by Gasteiger charge is -2.15. The van der Waals surface area contributed by atoms with Gasteiger partial charge in [0.05, 0.1) is 26.2 Å². The van der Waals surface area contributed by atoms with Crippen molar-refractivity contribution in [2.45, 2.75) is 19.3 Å². The lowest BCUT2D eigenvalue weighted by molar-refractivity contribution is -0.117. The van der Waals surface area contributed by atoms with E-state index in [1.165, 1.54) is 0 Å². The topological polar surface area (TPSA) is 56.8 Å². The number of carbonyl (C=O) groups excluding carboxylic acids is 1.